The molecule has 8 heteroatoms. The summed E-state index contributed by atoms with van der Waals surface area (Å²) >= 11 is 0. The normalized spacial score (nSPS) is 14.7. The molecule has 0 atom stereocenters. The van der Waals surface area contributed by atoms with Crippen LogP contribution in [-0.2, 0) is 11.3 Å². The summed E-state index contributed by atoms with van der Waals surface area (Å²) < 4.78 is 7.05. The maximum atomic E-state index is 12.4. The molecule has 0 radical (unpaired) electrons. The van der Waals surface area contributed by atoms with Gasteiger partial charge >= 0.3 is 0 Å². The van der Waals surface area contributed by atoms with E-state index in [1.165, 1.54) is 0 Å². The summed E-state index contributed by atoms with van der Waals surface area (Å²) in [4.78, 5) is 18.4. The summed E-state index contributed by atoms with van der Waals surface area (Å²) in [6.45, 7) is 5.70. The van der Waals surface area contributed by atoms with Crippen LogP contribution in [0.2, 0.25) is 0 Å². The van der Waals surface area contributed by atoms with Gasteiger partial charge in [-0.3, -0.25) is 14.5 Å². The van der Waals surface area contributed by atoms with Crippen LogP contribution in [0, 0.1) is 6.92 Å². The van der Waals surface area contributed by atoms with Crippen LogP contribution in [0.5, 0.6) is 0 Å². The fourth-order valence-electron chi connectivity index (χ4n) is 2.41. The smallest absolute Gasteiger partial charge is 0.272 e. The Labute approximate surface area is 134 Å². The van der Waals surface area contributed by atoms with Crippen LogP contribution < -0.4 is 5.32 Å². The number of nitrogens with one attached hydrogen (secondary N) is 1. The Morgan fingerprint density at radius 2 is 2.22 bits per heavy atom. The average molecular weight is 316 g/mol. The van der Waals surface area contributed by atoms with E-state index in [0.29, 0.717) is 45.1 Å². The number of anilines is 1. The summed E-state index contributed by atoms with van der Waals surface area (Å²) in [6.07, 6.45) is 3.54. The van der Waals surface area contributed by atoms with Crippen molar-refractivity contribution in [3.8, 4) is 0 Å². The average Bonchev–Trinajstić information content (AvgIpc) is 3.00. The van der Waals surface area contributed by atoms with Crippen LogP contribution in [0.15, 0.2) is 24.5 Å². The van der Waals surface area contributed by atoms with Crippen molar-refractivity contribution in [1.29, 1.82) is 0 Å². The fraction of sp³-hybridized carbons (Fsp3) is 0.467. The van der Waals surface area contributed by atoms with Crippen molar-refractivity contribution in [1.82, 2.24) is 24.9 Å². The van der Waals surface area contributed by atoms with E-state index in [1.807, 2.05) is 19.2 Å². The van der Waals surface area contributed by atoms with Crippen molar-refractivity contribution in [3.63, 3.8) is 0 Å². The van der Waals surface area contributed by atoms with Gasteiger partial charge in [0.15, 0.2) is 0 Å². The van der Waals surface area contributed by atoms with Gasteiger partial charge < -0.3 is 15.0 Å². The molecule has 3 rings (SSSR count). The zero-order chi connectivity index (χ0) is 16.1. The number of rotatable bonds is 5. The van der Waals surface area contributed by atoms with Crippen molar-refractivity contribution >= 4 is 11.6 Å². The molecule has 1 amide bonds. The molecule has 0 unspecified atom stereocenters. The Hall–Kier alpha value is -2.48. The first kappa shape index (κ1) is 15.4. The number of hydrogen-bond acceptors (Lipinski definition) is 6. The lowest BCUT2D eigenvalue weighted by atomic mass is 10.2. The molecule has 122 valence electrons. The molecular weight excluding hydrogens is 296 g/mol. The first-order valence-corrected chi connectivity index (χ1v) is 7.66. The molecule has 0 aliphatic carbocycles. The second-order valence-corrected chi connectivity index (χ2v) is 5.38. The largest absolute Gasteiger partial charge is 0.383 e. The molecule has 1 saturated heterocycles. The Bertz CT molecular complexity index is 665. The number of carbonyl (C=O) groups excluding carboxylic acids is 1. The maximum Gasteiger partial charge on any atom is 0.272 e. The molecule has 23 heavy (non-hydrogen) atoms. The summed E-state index contributed by atoms with van der Waals surface area (Å²) in [5, 5.41) is 11.2. The number of aromatic nitrogens is 4. The number of ether oxygens (including phenoxy) is 1. The summed E-state index contributed by atoms with van der Waals surface area (Å²) in [5.41, 5.74) is 2.22. The Balaban J connectivity index is 1.57. The second kappa shape index (κ2) is 7.19. The molecule has 0 saturated carbocycles. The molecule has 0 spiro atoms. The number of aryl methyl sites for hydroxylation is 1. The van der Waals surface area contributed by atoms with Crippen LogP contribution in [0.4, 0.5) is 5.69 Å². The van der Waals surface area contributed by atoms with Crippen molar-refractivity contribution in [2.75, 3.05) is 38.2 Å². The van der Waals surface area contributed by atoms with Gasteiger partial charge in [0.05, 0.1) is 25.5 Å². The van der Waals surface area contributed by atoms with E-state index in [2.05, 4.69) is 20.6 Å². The van der Waals surface area contributed by atoms with Crippen molar-refractivity contribution in [2.45, 2.75) is 13.5 Å². The molecule has 0 aromatic carbocycles. The van der Waals surface area contributed by atoms with Gasteiger partial charge in [-0.1, -0.05) is 5.21 Å². The number of pyridine rings is 1. The van der Waals surface area contributed by atoms with Crippen molar-refractivity contribution in [3.05, 3.63) is 35.9 Å². The first-order chi connectivity index (χ1) is 11.2. The Morgan fingerprint density at radius 1 is 1.39 bits per heavy atom. The van der Waals surface area contributed by atoms with Crippen LogP contribution in [-0.4, -0.2) is 63.6 Å². The lowest BCUT2D eigenvalue weighted by molar-refractivity contribution is 0.0299. The zero-order valence-electron chi connectivity index (χ0n) is 13.1. The molecule has 1 aliphatic heterocycles. The second-order valence-electron chi connectivity index (χ2n) is 5.38. The Kier molecular flexibility index (Phi) is 4.82. The molecule has 2 aromatic heterocycles. The standard InChI is InChI=1S/C15H20N6O2/c1-12-11-21(19-18-12)5-4-16-13-2-3-17-14(10-13)15(22)20-6-8-23-9-7-20/h2-3,10-11H,4-9H2,1H3,(H,16,17). The number of carbonyl (C=O) groups is 1. The SMILES string of the molecule is Cc1cn(CCNc2ccnc(C(=O)N3CCOCC3)c2)nn1. The molecular formula is C15H20N6O2. The molecule has 3 heterocycles. The first-order valence-electron chi connectivity index (χ1n) is 7.66. The van der Waals surface area contributed by atoms with E-state index >= 15 is 0 Å². The minimum Gasteiger partial charge on any atom is -0.383 e. The molecule has 1 aliphatic rings. The van der Waals surface area contributed by atoms with Gasteiger partial charge in [0.1, 0.15) is 5.69 Å². The van der Waals surface area contributed by atoms with Gasteiger partial charge in [-0.15, -0.1) is 5.10 Å². The molecule has 8 nitrogen and oxygen atoms in total. The van der Waals surface area contributed by atoms with Gasteiger partial charge in [0.2, 0.25) is 0 Å². The van der Waals surface area contributed by atoms with Gasteiger partial charge in [-0.2, -0.15) is 0 Å². The van der Waals surface area contributed by atoms with E-state index in [9.17, 15) is 4.79 Å². The third kappa shape index (κ3) is 4.04. The Morgan fingerprint density at radius 3 is 2.96 bits per heavy atom. The van der Waals surface area contributed by atoms with Crippen LogP contribution in [0.3, 0.4) is 0 Å². The minimum absolute atomic E-state index is 0.0520. The highest BCUT2D eigenvalue weighted by atomic mass is 16.5. The summed E-state index contributed by atoms with van der Waals surface area (Å²) in [6, 6.07) is 3.63. The molecule has 2 aromatic rings. The lowest BCUT2D eigenvalue weighted by Crippen LogP contribution is -2.41. The lowest BCUT2D eigenvalue weighted by Gasteiger charge is -2.26. The van der Waals surface area contributed by atoms with E-state index < -0.39 is 0 Å². The fourth-order valence-corrected chi connectivity index (χ4v) is 2.41. The monoisotopic (exact) mass is 316 g/mol. The van der Waals surface area contributed by atoms with E-state index in [4.69, 9.17) is 4.74 Å². The van der Waals surface area contributed by atoms with E-state index in [0.717, 1.165) is 11.4 Å². The van der Waals surface area contributed by atoms with Crippen molar-refractivity contribution in [2.24, 2.45) is 0 Å². The quantitative estimate of drug-likeness (QED) is 0.868. The highest BCUT2D eigenvalue weighted by Gasteiger charge is 2.19. The predicted octanol–water partition coefficient (Wildman–Crippen LogP) is 0.566. The van der Waals surface area contributed by atoms with E-state index in [-0.39, 0.29) is 5.91 Å². The topological polar surface area (TPSA) is 85.2 Å². The summed E-state index contributed by atoms with van der Waals surface area (Å²) in [5.74, 6) is -0.0520. The number of amides is 1. The van der Waals surface area contributed by atoms with Crippen LogP contribution in [0.1, 0.15) is 16.2 Å². The summed E-state index contributed by atoms with van der Waals surface area (Å²) in [7, 11) is 0. The molecule has 1 fully saturated rings. The highest BCUT2D eigenvalue weighted by molar-refractivity contribution is 5.93. The predicted molar refractivity (Wildman–Crippen MR) is 84.2 cm³/mol. The van der Waals surface area contributed by atoms with Gasteiger partial charge in [-0.05, 0) is 19.1 Å². The van der Waals surface area contributed by atoms with Crippen LogP contribution in [0.25, 0.3) is 0 Å². The van der Waals surface area contributed by atoms with Crippen LogP contribution >= 0.6 is 0 Å². The number of hydrogen-bond donors (Lipinski definition) is 1. The number of morpholine rings is 1. The maximum absolute atomic E-state index is 12.4. The van der Waals surface area contributed by atoms with Gasteiger partial charge in [0, 0.05) is 37.7 Å². The molecule has 0 bridgehead atoms. The number of nitrogens with zero attached hydrogens (tertiary/aromatic N) is 5. The third-order valence-corrected chi connectivity index (χ3v) is 3.60. The van der Waals surface area contributed by atoms with E-state index in [1.54, 1.807) is 21.8 Å². The highest BCUT2D eigenvalue weighted by Crippen LogP contribution is 2.11. The van der Waals surface area contributed by atoms with Gasteiger partial charge in [-0.25, -0.2) is 0 Å². The minimum atomic E-state index is -0.0520. The van der Waals surface area contributed by atoms with Gasteiger partial charge in [0.25, 0.3) is 5.91 Å². The zero-order valence-corrected chi connectivity index (χ0v) is 13.1. The van der Waals surface area contributed by atoms with Crippen molar-refractivity contribution < 1.29 is 9.53 Å². The molecule has 1 N–H and O–H groups in total. The third-order valence-electron chi connectivity index (χ3n) is 3.60.